The Hall–Kier alpha value is -1.24. The van der Waals surface area contributed by atoms with E-state index < -0.39 is 35.7 Å². The molecule has 4 rings (SSSR count). The zero-order valence-corrected chi connectivity index (χ0v) is 19.8. The average Bonchev–Trinajstić information content (AvgIpc) is 2.92. The number of hydrogen-bond donors (Lipinski definition) is 4. The van der Waals surface area contributed by atoms with E-state index in [4.69, 9.17) is 0 Å². The van der Waals surface area contributed by atoms with Crippen LogP contribution in [0.2, 0.25) is 0 Å². The molecule has 0 atom stereocenters. The van der Waals surface area contributed by atoms with Crippen LogP contribution in [0.15, 0.2) is 97.1 Å². The third-order valence-electron chi connectivity index (χ3n) is 6.40. The molecule has 8 nitrogen and oxygen atoms in total. The van der Waals surface area contributed by atoms with E-state index in [9.17, 15) is 39.6 Å². The van der Waals surface area contributed by atoms with Gasteiger partial charge in [-0.2, -0.15) is 0 Å². The number of benzene rings is 4. The van der Waals surface area contributed by atoms with Crippen molar-refractivity contribution in [2.75, 3.05) is 0 Å². The average molecular weight is 606 g/mol. The van der Waals surface area contributed by atoms with E-state index in [1.807, 2.05) is 0 Å². The third kappa shape index (κ3) is 9.89. The summed E-state index contributed by atoms with van der Waals surface area (Å²) < 4.78 is 0. The number of carbonyl (C=O) groups is 4. The first kappa shape index (κ1) is 40.8. The molecule has 4 aromatic carbocycles. The van der Waals surface area contributed by atoms with Crippen molar-refractivity contribution in [1.29, 1.82) is 0 Å². The Balaban J connectivity index is 0.00000420. The summed E-state index contributed by atoms with van der Waals surface area (Å²) in [5.74, 6) is -5.25. The van der Waals surface area contributed by atoms with E-state index in [0.717, 1.165) is 22.3 Å². The van der Waals surface area contributed by atoms with Crippen LogP contribution in [0.1, 0.15) is 75.5 Å². The summed E-state index contributed by atoms with van der Waals surface area (Å²) >= 11 is 0. The molecular weight excluding hydrogens is 580 g/mol. The maximum atomic E-state index is 11.5. The maximum absolute atomic E-state index is 11.5. The molecule has 0 fully saturated rings. The molecular formula is C30H26Na4O8. The summed E-state index contributed by atoms with van der Waals surface area (Å²) in [4.78, 5) is 45.8. The van der Waals surface area contributed by atoms with Gasteiger partial charge in [-0.3, -0.25) is 0 Å². The van der Waals surface area contributed by atoms with Crippen molar-refractivity contribution in [2.24, 2.45) is 0 Å². The fourth-order valence-corrected chi connectivity index (χ4v) is 4.49. The second kappa shape index (κ2) is 18.5. The first-order valence-corrected chi connectivity index (χ1v) is 11.5. The Labute approximate surface area is 330 Å². The number of carboxylic acid groups (broad SMARTS) is 4. The van der Waals surface area contributed by atoms with Gasteiger partial charge < -0.3 is 20.4 Å². The van der Waals surface area contributed by atoms with Gasteiger partial charge in [0.2, 0.25) is 0 Å². The number of aromatic carboxylic acids is 4. The molecule has 0 aliphatic carbocycles. The molecule has 0 aliphatic rings. The van der Waals surface area contributed by atoms with Crippen LogP contribution < -0.4 is 0 Å². The van der Waals surface area contributed by atoms with Crippen LogP contribution in [0.3, 0.4) is 0 Å². The van der Waals surface area contributed by atoms with Crippen LogP contribution in [0.4, 0.5) is 0 Å². The van der Waals surface area contributed by atoms with Crippen LogP contribution in [0.5, 0.6) is 0 Å². The standard InChI is InChI=1S/C30H22O8.4Na.4H/c31-27(32)21-9-1-17(2-10-21)25(18-3-11-22(12-4-18)28(33)34)26(19-5-13-23(14-6-19)29(35)36)20-7-15-24(16-8-20)30(37)38;;;;;;;;/h1-16,25-26H,(H,31,32)(H,33,34)(H,35,36)(H,37,38);;;;;;;;. The Morgan fingerprint density at radius 1 is 0.333 bits per heavy atom. The van der Waals surface area contributed by atoms with E-state index in [0.29, 0.717) is 0 Å². The minimum absolute atomic E-state index is 0. The number of carboxylic acids is 4. The molecule has 4 aromatic rings. The predicted molar refractivity (Wildman–Crippen MR) is 166 cm³/mol. The SMILES string of the molecule is O=C(O)c1ccc(C(c2ccc(C(=O)O)cc2)C(c2ccc(C(=O)O)cc2)c2ccc(C(=O)O)cc2)cc1.[NaH].[NaH].[NaH].[NaH]. The first-order chi connectivity index (χ1) is 18.2. The molecule has 0 aromatic heterocycles. The van der Waals surface area contributed by atoms with Crippen molar-refractivity contribution >= 4 is 142 Å². The molecule has 198 valence electrons. The summed E-state index contributed by atoms with van der Waals surface area (Å²) in [6.45, 7) is 0. The molecule has 42 heavy (non-hydrogen) atoms. The van der Waals surface area contributed by atoms with Gasteiger partial charge >= 0.3 is 142 Å². The fourth-order valence-electron chi connectivity index (χ4n) is 4.49. The van der Waals surface area contributed by atoms with Crippen LogP contribution >= 0.6 is 0 Å². The van der Waals surface area contributed by atoms with Gasteiger partial charge in [-0.05, 0) is 70.8 Å². The van der Waals surface area contributed by atoms with Crippen molar-refractivity contribution in [1.82, 2.24) is 0 Å². The Morgan fingerprint density at radius 2 is 0.476 bits per heavy atom. The Bertz CT molecular complexity index is 1270. The van der Waals surface area contributed by atoms with Gasteiger partial charge in [0.25, 0.3) is 0 Å². The van der Waals surface area contributed by atoms with Crippen LogP contribution in [0.25, 0.3) is 0 Å². The first-order valence-electron chi connectivity index (χ1n) is 11.5. The molecule has 0 saturated heterocycles. The molecule has 0 saturated carbocycles. The second-order valence-corrected chi connectivity index (χ2v) is 8.66. The summed E-state index contributed by atoms with van der Waals surface area (Å²) in [5.41, 5.74) is 3.31. The van der Waals surface area contributed by atoms with Gasteiger partial charge in [-0.25, -0.2) is 19.2 Å². The van der Waals surface area contributed by atoms with Crippen LogP contribution in [-0.4, -0.2) is 163 Å². The Kier molecular flexibility index (Phi) is 18.0. The van der Waals surface area contributed by atoms with Crippen molar-refractivity contribution < 1.29 is 39.6 Å². The van der Waals surface area contributed by atoms with Gasteiger partial charge in [-0.1, -0.05) is 48.5 Å². The molecule has 0 bridgehead atoms. The van der Waals surface area contributed by atoms with Gasteiger partial charge in [0.05, 0.1) is 22.3 Å². The normalized spacial score (nSPS) is 9.86. The topological polar surface area (TPSA) is 149 Å². The van der Waals surface area contributed by atoms with Gasteiger partial charge in [0.1, 0.15) is 0 Å². The zero-order valence-electron chi connectivity index (χ0n) is 19.8. The van der Waals surface area contributed by atoms with Gasteiger partial charge in [-0.15, -0.1) is 0 Å². The van der Waals surface area contributed by atoms with Crippen molar-refractivity contribution in [3.8, 4) is 0 Å². The van der Waals surface area contributed by atoms with Crippen LogP contribution in [0, 0.1) is 0 Å². The quantitative estimate of drug-likeness (QED) is 0.213. The molecule has 0 aliphatic heterocycles. The summed E-state index contributed by atoms with van der Waals surface area (Å²) in [6.07, 6.45) is 0. The molecule has 0 spiro atoms. The van der Waals surface area contributed by atoms with Gasteiger partial charge in [0.15, 0.2) is 0 Å². The van der Waals surface area contributed by atoms with Crippen LogP contribution in [-0.2, 0) is 0 Å². The molecule has 4 N–H and O–H groups in total. The monoisotopic (exact) mass is 606 g/mol. The number of rotatable bonds is 9. The van der Waals surface area contributed by atoms with E-state index in [-0.39, 0.29) is 140 Å². The second-order valence-electron chi connectivity index (χ2n) is 8.66. The van der Waals surface area contributed by atoms with Crippen molar-refractivity contribution in [2.45, 2.75) is 11.8 Å². The summed E-state index contributed by atoms with van der Waals surface area (Å²) in [7, 11) is 0. The predicted octanol–water partition coefficient (Wildman–Crippen LogP) is 2.85. The summed E-state index contributed by atoms with van der Waals surface area (Å²) in [6, 6.07) is 25.3. The van der Waals surface area contributed by atoms with Crippen molar-refractivity contribution in [3.63, 3.8) is 0 Å². The Morgan fingerprint density at radius 3 is 0.595 bits per heavy atom. The zero-order chi connectivity index (χ0) is 27.4. The van der Waals surface area contributed by atoms with E-state index >= 15 is 0 Å². The number of hydrogen-bond acceptors (Lipinski definition) is 4. The molecule has 0 unspecified atom stereocenters. The molecule has 0 heterocycles. The van der Waals surface area contributed by atoms with Gasteiger partial charge in [0, 0.05) is 11.8 Å². The van der Waals surface area contributed by atoms with E-state index in [1.54, 1.807) is 48.5 Å². The minimum atomic E-state index is -1.08. The fraction of sp³-hybridized carbons (Fsp3) is 0.0667. The molecule has 12 heteroatoms. The summed E-state index contributed by atoms with van der Waals surface area (Å²) in [5, 5.41) is 37.5. The molecule has 0 radical (unpaired) electrons. The van der Waals surface area contributed by atoms with E-state index in [2.05, 4.69) is 0 Å². The molecule has 0 amide bonds. The van der Waals surface area contributed by atoms with Crippen molar-refractivity contribution in [3.05, 3.63) is 142 Å². The van der Waals surface area contributed by atoms with E-state index in [1.165, 1.54) is 48.5 Å². The third-order valence-corrected chi connectivity index (χ3v) is 6.40.